The molecule has 0 saturated heterocycles. The number of aliphatic carboxylic acids is 1. The molecule has 3 atom stereocenters. The van der Waals surface area contributed by atoms with Crippen LogP contribution in [0.3, 0.4) is 0 Å². The second-order valence-corrected chi connectivity index (χ2v) is 5.97. The van der Waals surface area contributed by atoms with Crippen LogP contribution in [0.15, 0.2) is 42.5 Å². The van der Waals surface area contributed by atoms with Crippen LogP contribution in [-0.4, -0.2) is 17.0 Å². The molecule has 0 bridgehead atoms. The van der Waals surface area contributed by atoms with Gasteiger partial charge in [0.1, 0.15) is 0 Å². The summed E-state index contributed by atoms with van der Waals surface area (Å²) in [5.74, 6) is -1.94. The van der Waals surface area contributed by atoms with Crippen LogP contribution in [0.25, 0.3) is 10.8 Å². The minimum atomic E-state index is -0.871. The van der Waals surface area contributed by atoms with Crippen LogP contribution < -0.4 is 5.32 Å². The topological polar surface area (TPSA) is 66.4 Å². The number of fused-ring (bicyclic) bond motifs is 1. The Balaban J connectivity index is 1.71. The van der Waals surface area contributed by atoms with Crippen molar-refractivity contribution >= 4 is 22.6 Å². The molecule has 4 nitrogen and oxygen atoms in total. The van der Waals surface area contributed by atoms with Gasteiger partial charge >= 0.3 is 5.97 Å². The van der Waals surface area contributed by atoms with E-state index in [0.29, 0.717) is 12.8 Å². The lowest BCUT2D eigenvalue weighted by atomic mass is 9.73. The molecular formula is C18H19NO3. The molecule has 4 heteroatoms. The largest absolute Gasteiger partial charge is 0.481 e. The van der Waals surface area contributed by atoms with Crippen molar-refractivity contribution in [3.63, 3.8) is 0 Å². The van der Waals surface area contributed by atoms with Gasteiger partial charge in [-0.25, -0.2) is 0 Å². The molecule has 2 N–H and O–H groups in total. The van der Waals surface area contributed by atoms with Gasteiger partial charge < -0.3 is 10.4 Å². The monoisotopic (exact) mass is 297 g/mol. The second-order valence-electron chi connectivity index (χ2n) is 5.97. The molecule has 2 aromatic rings. The summed E-state index contributed by atoms with van der Waals surface area (Å²) in [5.41, 5.74) is 1.03. The zero-order valence-electron chi connectivity index (χ0n) is 12.5. The zero-order valence-corrected chi connectivity index (χ0v) is 12.5. The van der Waals surface area contributed by atoms with E-state index in [4.69, 9.17) is 5.11 Å². The number of rotatable bonds is 4. The number of carboxylic acids is 1. The summed E-state index contributed by atoms with van der Waals surface area (Å²) < 4.78 is 0. The van der Waals surface area contributed by atoms with Gasteiger partial charge in [0.05, 0.1) is 17.9 Å². The molecule has 1 amide bonds. The van der Waals surface area contributed by atoms with E-state index >= 15 is 0 Å². The number of amides is 1. The summed E-state index contributed by atoms with van der Waals surface area (Å²) >= 11 is 0. The average molecular weight is 297 g/mol. The van der Waals surface area contributed by atoms with E-state index in [2.05, 4.69) is 11.4 Å². The van der Waals surface area contributed by atoms with E-state index in [9.17, 15) is 9.59 Å². The first-order valence-corrected chi connectivity index (χ1v) is 7.58. The first-order chi connectivity index (χ1) is 10.6. The fraction of sp³-hybridized carbons (Fsp3) is 0.333. The van der Waals surface area contributed by atoms with Gasteiger partial charge in [0.2, 0.25) is 5.91 Å². The standard InChI is InChI=1S/C18H19NO3/c1-11(19-17(20)15-8-9-16(15)18(21)22)13-7-6-12-4-2-3-5-14(12)10-13/h2-7,10-11,15-16H,8-9H2,1H3,(H,19,20)(H,21,22)/t11-,15-,16+/m0/s1. The fourth-order valence-electron chi connectivity index (χ4n) is 2.99. The Morgan fingerprint density at radius 3 is 2.41 bits per heavy atom. The Morgan fingerprint density at radius 2 is 1.77 bits per heavy atom. The third kappa shape index (κ3) is 2.69. The SMILES string of the molecule is C[C@H](NC(=O)[C@H]1CC[C@H]1C(=O)O)c1ccc2ccccc2c1. The summed E-state index contributed by atoms with van der Waals surface area (Å²) in [6.45, 7) is 1.93. The van der Waals surface area contributed by atoms with Gasteiger partial charge in [0, 0.05) is 0 Å². The maximum atomic E-state index is 12.2. The lowest BCUT2D eigenvalue weighted by Gasteiger charge is -2.33. The van der Waals surface area contributed by atoms with Crippen molar-refractivity contribution in [2.75, 3.05) is 0 Å². The van der Waals surface area contributed by atoms with E-state index in [0.717, 1.165) is 16.3 Å². The normalized spacial score (nSPS) is 21.9. The lowest BCUT2D eigenvalue weighted by Crippen LogP contribution is -2.44. The number of nitrogens with one attached hydrogen (secondary N) is 1. The van der Waals surface area contributed by atoms with E-state index < -0.39 is 11.9 Å². The van der Waals surface area contributed by atoms with Crippen LogP contribution >= 0.6 is 0 Å². The van der Waals surface area contributed by atoms with Crippen LogP contribution in [0.1, 0.15) is 31.4 Å². The molecule has 2 aromatic carbocycles. The van der Waals surface area contributed by atoms with Crippen molar-refractivity contribution < 1.29 is 14.7 Å². The fourth-order valence-corrected chi connectivity index (χ4v) is 2.99. The molecule has 0 spiro atoms. The van der Waals surface area contributed by atoms with Gasteiger partial charge in [0.15, 0.2) is 0 Å². The lowest BCUT2D eigenvalue weighted by molar-refractivity contribution is -0.152. The molecule has 0 heterocycles. The van der Waals surface area contributed by atoms with Gasteiger partial charge in [-0.05, 0) is 42.2 Å². The smallest absolute Gasteiger partial charge is 0.307 e. The van der Waals surface area contributed by atoms with E-state index in [1.54, 1.807) is 0 Å². The molecule has 0 aromatic heterocycles. The number of benzene rings is 2. The van der Waals surface area contributed by atoms with Gasteiger partial charge in [-0.1, -0.05) is 36.4 Å². The van der Waals surface area contributed by atoms with E-state index in [-0.39, 0.29) is 17.9 Å². The third-order valence-electron chi connectivity index (χ3n) is 4.56. The molecular weight excluding hydrogens is 278 g/mol. The van der Waals surface area contributed by atoms with Crippen LogP contribution in [0.2, 0.25) is 0 Å². The molecule has 0 radical (unpaired) electrons. The first kappa shape index (κ1) is 14.6. The van der Waals surface area contributed by atoms with Crippen LogP contribution in [0.4, 0.5) is 0 Å². The van der Waals surface area contributed by atoms with Crippen LogP contribution in [-0.2, 0) is 9.59 Å². The first-order valence-electron chi connectivity index (χ1n) is 7.58. The van der Waals surface area contributed by atoms with Gasteiger partial charge in [-0.3, -0.25) is 9.59 Å². The Labute approximate surface area is 129 Å². The number of hydrogen-bond donors (Lipinski definition) is 2. The predicted octanol–water partition coefficient (Wildman–Crippen LogP) is 3.13. The number of carbonyl (C=O) groups is 2. The molecule has 3 rings (SSSR count). The summed E-state index contributed by atoms with van der Waals surface area (Å²) in [7, 11) is 0. The van der Waals surface area contributed by atoms with Crippen molar-refractivity contribution in [3.05, 3.63) is 48.0 Å². The van der Waals surface area contributed by atoms with Crippen molar-refractivity contribution in [3.8, 4) is 0 Å². The Bertz CT molecular complexity index is 725. The number of hydrogen-bond acceptors (Lipinski definition) is 2. The van der Waals surface area contributed by atoms with Gasteiger partial charge in [-0.2, -0.15) is 0 Å². The van der Waals surface area contributed by atoms with Gasteiger partial charge in [0.25, 0.3) is 0 Å². The highest BCUT2D eigenvalue weighted by molar-refractivity contribution is 5.87. The van der Waals surface area contributed by atoms with Gasteiger partial charge in [-0.15, -0.1) is 0 Å². The summed E-state index contributed by atoms with van der Waals surface area (Å²) in [5, 5.41) is 14.3. The van der Waals surface area contributed by atoms with E-state index in [1.165, 1.54) is 0 Å². The molecule has 1 saturated carbocycles. The third-order valence-corrected chi connectivity index (χ3v) is 4.56. The molecule has 0 unspecified atom stereocenters. The highest BCUT2D eigenvalue weighted by Crippen LogP contribution is 2.35. The minimum Gasteiger partial charge on any atom is -0.481 e. The van der Waals surface area contributed by atoms with Crippen molar-refractivity contribution in [2.45, 2.75) is 25.8 Å². The van der Waals surface area contributed by atoms with Crippen molar-refractivity contribution in [1.82, 2.24) is 5.32 Å². The number of carboxylic acid groups (broad SMARTS) is 1. The van der Waals surface area contributed by atoms with Crippen LogP contribution in [0, 0.1) is 11.8 Å². The Kier molecular flexibility index (Phi) is 3.84. The maximum Gasteiger partial charge on any atom is 0.307 e. The molecule has 22 heavy (non-hydrogen) atoms. The highest BCUT2D eigenvalue weighted by atomic mass is 16.4. The second kappa shape index (κ2) is 5.79. The highest BCUT2D eigenvalue weighted by Gasteiger charge is 2.41. The molecule has 1 aliphatic carbocycles. The molecule has 0 aliphatic heterocycles. The van der Waals surface area contributed by atoms with Crippen LogP contribution in [0.5, 0.6) is 0 Å². The Hall–Kier alpha value is -2.36. The molecule has 1 aliphatic rings. The molecule has 114 valence electrons. The Morgan fingerprint density at radius 1 is 1.09 bits per heavy atom. The minimum absolute atomic E-state index is 0.132. The predicted molar refractivity (Wildman–Crippen MR) is 84.4 cm³/mol. The summed E-state index contributed by atoms with van der Waals surface area (Å²) in [6, 6.07) is 14.0. The van der Waals surface area contributed by atoms with Crippen molar-refractivity contribution in [1.29, 1.82) is 0 Å². The average Bonchev–Trinajstić information content (AvgIpc) is 2.44. The maximum absolute atomic E-state index is 12.2. The molecule has 1 fully saturated rings. The van der Waals surface area contributed by atoms with E-state index in [1.807, 2.05) is 43.3 Å². The van der Waals surface area contributed by atoms with Crippen molar-refractivity contribution in [2.24, 2.45) is 11.8 Å². The number of carbonyl (C=O) groups excluding carboxylic acids is 1. The summed E-state index contributed by atoms with van der Waals surface area (Å²) in [6.07, 6.45) is 1.25. The quantitative estimate of drug-likeness (QED) is 0.911. The summed E-state index contributed by atoms with van der Waals surface area (Å²) in [4.78, 5) is 23.2. The zero-order chi connectivity index (χ0) is 15.7.